The van der Waals surface area contributed by atoms with Crippen LogP contribution in [0.2, 0.25) is 0 Å². The number of benzene rings is 1. The second-order valence-corrected chi connectivity index (χ2v) is 3.87. The summed E-state index contributed by atoms with van der Waals surface area (Å²) in [6, 6.07) is 7.77. The standard InChI is InChI=1S/C13H12FN5/c1-8-17-12(16-2)6-13(18-8)19-11-4-3-9(7-15)5-10(11)14/h3-6H,1-2H3,(H2,16,17,18,19). The molecule has 0 aliphatic heterocycles. The predicted molar refractivity (Wildman–Crippen MR) is 70.7 cm³/mol. The maximum Gasteiger partial charge on any atom is 0.147 e. The number of aromatic nitrogens is 2. The van der Waals surface area contributed by atoms with Gasteiger partial charge < -0.3 is 10.6 Å². The lowest BCUT2D eigenvalue weighted by molar-refractivity contribution is 0.631. The van der Waals surface area contributed by atoms with Gasteiger partial charge in [-0.15, -0.1) is 0 Å². The number of halogens is 1. The van der Waals surface area contributed by atoms with Gasteiger partial charge in [0.1, 0.15) is 23.3 Å². The molecule has 0 atom stereocenters. The molecule has 0 saturated heterocycles. The number of hydrogen-bond donors (Lipinski definition) is 2. The molecule has 19 heavy (non-hydrogen) atoms. The van der Waals surface area contributed by atoms with Gasteiger partial charge in [-0.3, -0.25) is 0 Å². The highest BCUT2D eigenvalue weighted by Gasteiger charge is 2.06. The molecule has 5 nitrogen and oxygen atoms in total. The Balaban J connectivity index is 2.31. The zero-order valence-corrected chi connectivity index (χ0v) is 10.5. The van der Waals surface area contributed by atoms with Gasteiger partial charge in [0.2, 0.25) is 0 Å². The van der Waals surface area contributed by atoms with Crippen molar-refractivity contribution in [1.82, 2.24) is 9.97 Å². The second kappa shape index (κ2) is 5.31. The number of aryl methyl sites for hydroxylation is 1. The molecule has 0 aliphatic carbocycles. The number of anilines is 3. The molecule has 2 aromatic rings. The molecule has 0 spiro atoms. The molecule has 0 fully saturated rings. The third-order valence-electron chi connectivity index (χ3n) is 2.46. The van der Waals surface area contributed by atoms with Crippen LogP contribution in [-0.2, 0) is 0 Å². The Morgan fingerprint density at radius 3 is 2.58 bits per heavy atom. The van der Waals surface area contributed by atoms with E-state index in [1.54, 1.807) is 26.1 Å². The summed E-state index contributed by atoms with van der Waals surface area (Å²) in [5.41, 5.74) is 0.539. The summed E-state index contributed by atoms with van der Waals surface area (Å²) in [5, 5.41) is 14.4. The van der Waals surface area contributed by atoms with E-state index in [0.29, 0.717) is 17.5 Å². The van der Waals surface area contributed by atoms with Gasteiger partial charge in [-0.05, 0) is 25.1 Å². The minimum absolute atomic E-state index is 0.263. The molecule has 0 unspecified atom stereocenters. The van der Waals surface area contributed by atoms with Gasteiger partial charge in [0, 0.05) is 13.1 Å². The molecule has 2 rings (SSSR count). The Bertz CT molecular complexity index is 648. The number of nitriles is 1. The minimum Gasteiger partial charge on any atom is -0.373 e. The van der Waals surface area contributed by atoms with E-state index in [1.807, 2.05) is 6.07 Å². The summed E-state index contributed by atoms with van der Waals surface area (Å²) in [5.74, 6) is 1.20. The van der Waals surface area contributed by atoms with E-state index >= 15 is 0 Å². The maximum absolute atomic E-state index is 13.7. The molecule has 0 radical (unpaired) electrons. The van der Waals surface area contributed by atoms with Gasteiger partial charge in [-0.1, -0.05) is 0 Å². The van der Waals surface area contributed by atoms with Crippen molar-refractivity contribution in [2.45, 2.75) is 6.92 Å². The first-order chi connectivity index (χ1) is 9.12. The zero-order chi connectivity index (χ0) is 13.8. The number of rotatable bonds is 3. The van der Waals surface area contributed by atoms with Crippen molar-refractivity contribution in [2.24, 2.45) is 0 Å². The Hall–Kier alpha value is -2.68. The smallest absolute Gasteiger partial charge is 0.147 e. The average Bonchev–Trinajstić information content (AvgIpc) is 2.40. The van der Waals surface area contributed by atoms with Crippen molar-refractivity contribution in [3.8, 4) is 6.07 Å². The summed E-state index contributed by atoms with van der Waals surface area (Å²) >= 11 is 0. The molecular formula is C13H12FN5. The first-order valence-electron chi connectivity index (χ1n) is 5.62. The summed E-state index contributed by atoms with van der Waals surface area (Å²) in [6.45, 7) is 1.75. The Morgan fingerprint density at radius 2 is 1.95 bits per heavy atom. The van der Waals surface area contributed by atoms with Crippen LogP contribution >= 0.6 is 0 Å². The van der Waals surface area contributed by atoms with Gasteiger partial charge in [0.25, 0.3) is 0 Å². The molecule has 1 heterocycles. The summed E-state index contributed by atoms with van der Waals surface area (Å²) in [4.78, 5) is 8.31. The molecule has 6 heteroatoms. The van der Waals surface area contributed by atoms with E-state index in [4.69, 9.17) is 5.26 Å². The van der Waals surface area contributed by atoms with Crippen LogP contribution in [0.25, 0.3) is 0 Å². The van der Waals surface area contributed by atoms with Crippen LogP contribution < -0.4 is 10.6 Å². The molecule has 1 aromatic carbocycles. The molecule has 0 aliphatic rings. The second-order valence-electron chi connectivity index (χ2n) is 3.87. The van der Waals surface area contributed by atoms with Crippen LogP contribution in [-0.4, -0.2) is 17.0 Å². The van der Waals surface area contributed by atoms with Gasteiger partial charge in [-0.2, -0.15) is 5.26 Å². The van der Waals surface area contributed by atoms with Crippen LogP contribution in [0.4, 0.5) is 21.7 Å². The summed E-state index contributed by atoms with van der Waals surface area (Å²) in [7, 11) is 1.74. The number of hydrogen-bond acceptors (Lipinski definition) is 5. The third kappa shape index (κ3) is 2.96. The number of nitrogens with one attached hydrogen (secondary N) is 2. The monoisotopic (exact) mass is 257 g/mol. The van der Waals surface area contributed by atoms with E-state index < -0.39 is 5.82 Å². The largest absolute Gasteiger partial charge is 0.373 e. The first kappa shape index (κ1) is 12.8. The molecule has 0 bridgehead atoms. The van der Waals surface area contributed by atoms with E-state index in [1.165, 1.54) is 12.1 Å². The Morgan fingerprint density at radius 1 is 1.21 bits per heavy atom. The van der Waals surface area contributed by atoms with Crippen LogP contribution in [0.15, 0.2) is 24.3 Å². The average molecular weight is 257 g/mol. The molecule has 0 saturated carbocycles. The van der Waals surface area contributed by atoms with E-state index in [2.05, 4.69) is 20.6 Å². The normalized spacial score (nSPS) is 9.79. The van der Waals surface area contributed by atoms with Crippen molar-refractivity contribution in [2.75, 3.05) is 17.7 Å². The Kier molecular flexibility index (Phi) is 3.57. The highest BCUT2D eigenvalue weighted by atomic mass is 19.1. The van der Waals surface area contributed by atoms with Crippen LogP contribution in [0, 0.1) is 24.1 Å². The highest BCUT2D eigenvalue weighted by Crippen LogP contribution is 2.21. The van der Waals surface area contributed by atoms with Crippen molar-refractivity contribution < 1.29 is 4.39 Å². The van der Waals surface area contributed by atoms with Crippen molar-refractivity contribution >= 4 is 17.3 Å². The molecule has 1 aromatic heterocycles. The van der Waals surface area contributed by atoms with Crippen molar-refractivity contribution in [1.29, 1.82) is 5.26 Å². The first-order valence-corrected chi connectivity index (χ1v) is 5.62. The third-order valence-corrected chi connectivity index (χ3v) is 2.46. The molecule has 0 amide bonds. The highest BCUT2D eigenvalue weighted by molar-refractivity contribution is 5.60. The van der Waals surface area contributed by atoms with E-state index in [0.717, 1.165) is 0 Å². The van der Waals surface area contributed by atoms with E-state index in [-0.39, 0.29) is 11.3 Å². The SMILES string of the molecule is CNc1cc(Nc2ccc(C#N)cc2F)nc(C)n1. The zero-order valence-electron chi connectivity index (χ0n) is 10.5. The lowest BCUT2D eigenvalue weighted by Crippen LogP contribution is -2.02. The quantitative estimate of drug-likeness (QED) is 0.884. The lowest BCUT2D eigenvalue weighted by Gasteiger charge is -2.09. The number of nitrogens with zero attached hydrogens (tertiary/aromatic N) is 3. The lowest BCUT2D eigenvalue weighted by atomic mass is 10.2. The predicted octanol–water partition coefficient (Wildman–Crippen LogP) is 2.58. The van der Waals surface area contributed by atoms with Crippen LogP contribution in [0.3, 0.4) is 0 Å². The maximum atomic E-state index is 13.7. The van der Waals surface area contributed by atoms with E-state index in [9.17, 15) is 4.39 Å². The fourth-order valence-electron chi connectivity index (χ4n) is 1.58. The van der Waals surface area contributed by atoms with Gasteiger partial charge in [0.05, 0.1) is 17.3 Å². The van der Waals surface area contributed by atoms with Crippen molar-refractivity contribution in [3.63, 3.8) is 0 Å². The fourth-order valence-corrected chi connectivity index (χ4v) is 1.58. The molecule has 96 valence electrons. The Labute approximate surface area is 110 Å². The molecule has 2 N–H and O–H groups in total. The fraction of sp³-hybridized carbons (Fsp3) is 0.154. The van der Waals surface area contributed by atoms with Gasteiger partial charge in [0.15, 0.2) is 0 Å². The van der Waals surface area contributed by atoms with Crippen LogP contribution in [0.1, 0.15) is 11.4 Å². The van der Waals surface area contributed by atoms with Gasteiger partial charge in [-0.25, -0.2) is 14.4 Å². The summed E-state index contributed by atoms with van der Waals surface area (Å²) in [6.07, 6.45) is 0. The van der Waals surface area contributed by atoms with Gasteiger partial charge >= 0.3 is 0 Å². The topological polar surface area (TPSA) is 73.6 Å². The summed E-state index contributed by atoms with van der Waals surface area (Å²) < 4.78 is 13.7. The van der Waals surface area contributed by atoms with Crippen LogP contribution in [0.5, 0.6) is 0 Å². The minimum atomic E-state index is -0.499. The van der Waals surface area contributed by atoms with Crippen molar-refractivity contribution in [3.05, 3.63) is 41.5 Å². The molecular weight excluding hydrogens is 245 g/mol.